The van der Waals surface area contributed by atoms with Gasteiger partial charge in [-0.05, 0) is 95.0 Å². The van der Waals surface area contributed by atoms with Crippen LogP contribution in [-0.4, -0.2) is 0 Å². The van der Waals surface area contributed by atoms with Crippen molar-refractivity contribution < 1.29 is 17.6 Å². The van der Waals surface area contributed by atoms with E-state index in [1.54, 1.807) is 19.9 Å². The standard InChI is InChI=1S/C8H6ClF3.C8H9Cl.C8H9F.C8H10/c1-5-2-3-7(9)6(4-5)8(10,11)12;2*1-6-3-4-7(2)8(9)5-6;1-7-3-5-8(2)6-4-7/h2-4H,1H3;2*3-5H,1-2H3;3-6H,1-2H3. The molecule has 0 N–H and O–H groups in total. The molecule has 0 saturated carbocycles. The van der Waals surface area contributed by atoms with E-state index in [1.807, 2.05) is 39.0 Å². The molecule has 0 spiro atoms. The van der Waals surface area contributed by atoms with Crippen LogP contribution in [0.5, 0.6) is 0 Å². The molecule has 0 bridgehead atoms. The van der Waals surface area contributed by atoms with Crippen LogP contribution >= 0.6 is 23.2 Å². The number of benzene rings is 4. The minimum Gasteiger partial charge on any atom is -0.207 e. The van der Waals surface area contributed by atoms with Gasteiger partial charge in [0, 0.05) is 5.02 Å². The third-order valence-electron chi connectivity index (χ3n) is 5.30. The Morgan fingerprint density at radius 1 is 0.474 bits per heavy atom. The van der Waals surface area contributed by atoms with Crippen LogP contribution in [0.15, 0.2) is 78.9 Å². The first-order valence-corrected chi connectivity index (χ1v) is 12.7. The molecule has 0 aliphatic heterocycles. The number of hydrogen-bond donors (Lipinski definition) is 0. The summed E-state index contributed by atoms with van der Waals surface area (Å²) in [6.07, 6.45) is -4.36. The lowest BCUT2D eigenvalue weighted by molar-refractivity contribution is -0.137. The number of halogens is 6. The van der Waals surface area contributed by atoms with Gasteiger partial charge in [0.15, 0.2) is 0 Å². The number of rotatable bonds is 0. The first-order chi connectivity index (χ1) is 17.6. The van der Waals surface area contributed by atoms with Gasteiger partial charge in [-0.2, -0.15) is 13.2 Å². The second-order valence-electron chi connectivity index (χ2n) is 9.14. The molecular weight excluding hydrogens is 531 g/mol. The maximum Gasteiger partial charge on any atom is 0.417 e. The highest BCUT2D eigenvalue weighted by Crippen LogP contribution is 2.34. The van der Waals surface area contributed by atoms with Gasteiger partial charge in [0.1, 0.15) is 5.82 Å². The summed E-state index contributed by atoms with van der Waals surface area (Å²) in [5.41, 5.74) is 6.47. The van der Waals surface area contributed by atoms with Crippen LogP contribution in [0.1, 0.15) is 44.5 Å². The zero-order valence-corrected chi connectivity index (χ0v) is 24.3. The van der Waals surface area contributed by atoms with Gasteiger partial charge in [-0.1, -0.05) is 94.5 Å². The lowest BCUT2D eigenvalue weighted by Gasteiger charge is -2.08. The van der Waals surface area contributed by atoms with E-state index in [0.717, 1.165) is 22.2 Å². The van der Waals surface area contributed by atoms with Crippen LogP contribution in [0.4, 0.5) is 17.6 Å². The summed E-state index contributed by atoms with van der Waals surface area (Å²) >= 11 is 11.2. The molecule has 0 unspecified atom stereocenters. The Labute approximate surface area is 234 Å². The van der Waals surface area contributed by atoms with Crippen molar-refractivity contribution >= 4 is 23.2 Å². The van der Waals surface area contributed by atoms with Crippen molar-refractivity contribution in [3.8, 4) is 0 Å². The highest BCUT2D eigenvalue weighted by Gasteiger charge is 2.32. The van der Waals surface area contributed by atoms with Crippen LogP contribution < -0.4 is 0 Å². The van der Waals surface area contributed by atoms with Crippen LogP contribution in [0.2, 0.25) is 10.0 Å². The van der Waals surface area contributed by atoms with Gasteiger partial charge >= 0.3 is 6.18 Å². The van der Waals surface area contributed by atoms with Crippen LogP contribution in [0.25, 0.3) is 0 Å². The van der Waals surface area contributed by atoms with Crippen LogP contribution in [0, 0.1) is 54.3 Å². The Balaban J connectivity index is 0.000000256. The Morgan fingerprint density at radius 3 is 1.24 bits per heavy atom. The molecule has 204 valence electrons. The first-order valence-electron chi connectivity index (χ1n) is 11.9. The summed E-state index contributed by atoms with van der Waals surface area (Å²) in [6.45, 7) is 13.5. The third kappa shape index (κ3) is 12.6. The van der Waals surface area contributed by atoms with E-state index in [2.05, 4.69) is 44.2 Å². The van der Waals surface area contributed by atoms with Crippen molar-refractivity contribution in [2.75, 3.05) is 0 Å². The van der Waals surface area contributed by atoms with E-state index in [4.69, 9.17) is 23.2 Å². The SMILES string of the molecule is Cc1ccc(C)c(Cl)c1.Cc1ccc(C)c(F)c1.Cc1ccc(C)cc1.Cc1ccc(Cl)c(C(F)(F)F)c1. The largest absolute Gasteiger partial charge is 0.417 e. The molecule has 0 atom stereocenters. The van der Waals surface area contributed by atoms with Crippen molar-refractivity contribution in [3.05, 3.63) is 139 Å². The van der Waals surface area contributed by atoms with Crippen molar-refractivity contribution in [1.29, 1.82) is 0 Å². The maximum atomic E-state index is 12.6. The van der Waals surface area contributed by atoms with Crippen molar-refractivity contribution in [2.24, 2.45) is 0 Å². The summed E-state index contributed by atoms with van der Waals surface area (Å²) < 4.78 is 49.0. The Kier molecular flexibility index (Phi) is 13.6. The summed E-state index contributed by atoms with van der Waals surface area (Å²) in [4.78, 5) is 0. The van der Waals surface area contributed by atoms with E-state index in [0.29, 0.717) is 11.1 Å². The molecule has 4 aromatic carbocycles. The predicted molar refractivity (Wildman–Crippen MR) is 154 cm³/mol. The molecule has 4 aromatic rings. The minimum atomic E-state index is -4.36. The van der Waals surface area contributed by atoms with E-state index < -0.39 is 11.7 Å². The van der Waals surface area contributed by atoms with Gasteiger partial charge in [0.25, 0.3) is 0 Å². The topological polar surface area (TPSA) is 0 Å². The maximum absolute atomic E-state index is 12.6. The van der Waals surface area contributed by atoms with E-state index >= 15 is 0 Å². The monoisotopic (exact) mass is 564 g/mol. The second-order valence-corrected chi connectivity index (χ2v) is 9.96. The molecule has 38 heavy (non-hydrogen) atoms. The Hall–Kier alpha value is -2.82. The molecule has 4 rings (SSSR count). The van der Waals surface area contributed by atoms with Crippen molar-refractivity contribution in [3.63, 3.8) is 0 Å². The van der Waals surface area contributed by atoms with Crippen LogP contribution in [-0.2, 0) is 6.18 Å². The third-order valence-corrected chi connectivity index (χ3v) is 6.04. The normalized spacial score (nSPS) is 10.2. The number of aryl methyl sites for hydroxylation is 7. The van der Waals surface area contributed by atoms with E-state index in [9.17, 15) is 17.6 Å². The Morgan fingerprint density at radius 2 is 0.868 bits per heavy atom. The van der Waals surface area contributed by atoms with E-state index in [-0.39, 0.29) is 10.8 Å². The predicted octanol–water partition coefficient (Wildman–Crippen LogP) is 11.4. The molecule has 0 radical (unpaired) electrons. The van der Waals surface area contributed by atoms with Crippen molar-refractivity contribution in [1.82, 2.24) is 0 Å². The quantitative estimate of drug-likeness (QED) is 0.186. The van der Waals surface area contributed by atoms with Gasteiger partial charge in [0.05, 0.1) is 10.6 Å². The first kappa shape index (κ1) is 33.2. The summed E-state index contributed by atoms with van der Waals surface area (Å²) in [6, 6.07) is 23.6. The van der Waals surface area contributed by atoms with E-state index in [1.165, 1.54) is 34.9 Å². The Bertz CT molecular complexity index is 1220. The molecule has 0 aromatic heterocycles. The summed E-state index contributed by atoms with van der Waals surface area (Å²) in [7, 11) is 0. The molecule has 0 aliphatic rings. The van der Waals surface area contributed by atoms with Gasteiger partial charge in [-0.15, -0.1) is 0 Å². The number of alkyl halides is 3. The van der Waals surface area contributed by atoms with Gasteiger partial charge in [0.2, 0.25) is 0 Å². The average Bonchev–Trinajstić information content (AvgIpc) is 2.83. The highest BCUT2D eigenvalue weighted by molar-refractivity contribution is 6.31. The zero-order valence-electron chi connectivity index (χ0n) is 22.8. The molecule has 0 nitrogen and oxygen atoms in total. The molecular formula is C32H34Cl2F4. The van der Waals surface area contributed by atoms with Crippen molar-refractivity contribution in [2.45, 2.75) is 54.6 Å². The fourth-order valence-electron chi connectivity index (χ4n) is 2.89. The smallest absolute Gasteiger partial charge is 0.207 e. The number of hydrogen-bond acceptors (Lipinski definition) is 0. The van der Waals surface area contributed by atoms with Gasteiger partial charge < -0.3 is 0 Å². The molecule has 0 fully saturated rings. The van der Waals surface area contributed by atoms with Gasteiger partial charge in [-0.25, -0.2) is 4.39 Å². The lowest BCUT2D eigenvalue weighted by Crippen LogP contribution is -2.05. The molecule has 0 aliphatic carbocycles. The minimum absolute atomic E-state index is 0.116. The summed E-state index contributed by atoms with van der Waals surface area (Å²) in [5.74, 6) is -0.116. The van der Waals surface area contributed by atoms with Crippen LogP contribution in [0.3, 0.4) is 0 Å². The molecule has 0 amide bonds. The average molecular weight is 566 g/mol. The zero-order chi connectivity index (χ0) is 29.0. The fourth-order valence-corrected chi connectivity index (χ4v) is 3.35. The van der Waals surface area contributed by atoms with Gasteiger partial charge in [-0.3, -0.25) is 0 Å². The molecule has 0 saturated heterocycles. The fraction of sp³-hybridized carbons (Fsp3) is 0.250. The highest BCUT2D eigenvalue weighted by atomic mass is 35.5. The molecule has 6 heteroatoms. The lowest BCUT2D eigenvalue weighted by atomic mass is 10.1. The second kappa shape index (κ2) is 15.6. The summed E-state index contributed by atoms with van der Waals surface area (Å²) in [5, 5.41) is 0.600. The molecule has 0 heterocycles.